The number of aromatic nitrogens is 2. The van der Waals surface area contributed by atoms with Crippen molar-refractivity contribution in [3.63, 3.8) is 0 Å². The number of anilines is 2. The van der Waals surface area contributed by atoms with Gasteiger partial charge in [0.15, 0.2) is 10.3 Å². The molecule has 0 aliphatic carbocycles. The van der Waals surface area contributed by atoms with Gasteiger partial charge in [0, 0.05) is 31.7 Å². The lowest BCUT2D eigenvalue weighted by molar-refractivity contribution is 0.101. The molecule has 0 radical (unpaired) electrons. The number of carbonyl (C=O) groups is 2. The smallest absolute Gasteiger partial charge is 0.257 e. The van der Waals surface area contributed by atoms with Gasteiger partial charge >= 0.3 is 0 Å². The highest BCUT2D eigenvalue weighted by atomic mass is 32.2. The normalized spacial score (nSPS) is 10.7. The van der Waals surface area contributed by atoms with E-state index in [0.717, 1.165) is 9.79 Å². The first-order valence-electron chi connectivity index (χ1n) is 9.38. The molecule has 0 fully saturated rings. The number of nitrogens with one attached hydrogen (secondary N) is 2. The fraction of sp³-hybridized carbons (Fsp3) is 0.0909. The van der Waals surface area contributed by atoms with E-state index < -0.39 is 0 Å². The van der Waals surface area contributed by atoms with Crippen LogP contribution in [0.25, 0.3) is 11.4 Å². The quantitative estimate of drug-likeness (QED) is 0.295. The summed E-state index contributed by atoms with van der Waals surface area (Å²) in [6, 6.07) is 14.9. The molecule has 2 N–H and O–H groups in total. The summed E-state index contributed by atoms with van der Waals surface area (Å²) in [5.74, 6) is -0.416. The standard InChI is InChI=1S/C22H18N4O2S4/c1-29-15-7-3-5-13(9-15)19(27)25-21-23-17(11-31-21)18-12-32-22(24-18)26-20(28)14-6-4-8-16(10-14)30-2/h3-12H,1-2H3,(H,23,25,27)(H,24,26,28). The molecule has 4 aromatic rings. The van der Waals surface area contributed by atoms with Crippen LogP contribution in [0.5, 0.6) is 0 Å². The Hall–Kier alpha value is -2.66. The highest BCUT2D eigenvalue weighted by molar-refractivity contribution is 7.98. The van der Waals surface area contributed by atoms with Crippen molar-refractivity contribution in [2.45, 2.75) is 9.79 Å². The third kappa shape index (κ3) is 5.39. The zero-order valence-corrected chi connectivity index (χ0v) is 20.4. The Morgan fingerprint density at radius 3 is 1.59 bits per heavy atom. The molecule has 2 amide bonds. The van der Waals surface area contributed by atoms with Gasteiger partial charge in [0.1, 0.15) is 11.4 Å². The largest absolute Gasteiger partial charge is 0.298 e. The van der Waals surface area contributed by atoms with Crippen LogP contribution in [0.1, 0.15) is 20.7 Å². The predicted octanol–water partition coefficient (Wildman–Crippen LogP) is 6.22. The Bertz CT molecular complexity index is 1170. The van der Waals surface area contributed by atoms with Crippen molar-refractivity contribution in [2.75, 3.05) is 23.1 Å². The molecule has 4 rings (SSSR count). The number of hydrogen-bond donors (Lipinski definition) is 2. The lowest BCUT2D eigenvalue weighted by Gasteiger charge is -2.03. The topological polar surface area (TPSA) is 84.0 Å². The Balaban J connectivity index is 1.42. The molecular formula is C22H18N4O2S4. The van der Waals surface area contributed by atoms with Crippen LogP contribution in [0.3, 0.4) is 0 Å². The summed E-state index contributed by atoms with van der Waals surface area (Å²) >= 11 is 5.82. The SMILES string of the molecule is CSc1cccc(C(=O)Nc2nc(-c3csc(NC(=O)c4cccc(SC)c4)n3)cs2)c1. The highest BCUT2D eigenvalue weighted by Crippen LogP contribution is 2.29. The van der Waals surface area contributed by atoms with Gasteiger partial charge in [-0.15, -0.1) is 46.2 Å². The summed E-state index contributed by atoms with van der Waals surface area (Å²) in [7, 11) is 0. The van der Waals surface area contributed by atoms with Crippen molar-refractivity contribution in [3.05, 3.63) is 70.4 Å². The molecule has 0 atom stereocenters. The Morgan fingerprint density at radius 2 is 1.19 bits per heavy atom. The summed E-state index contributed by atoms with van der Waals surface area (Å²) in [5, 5.41) is 10.3. The molecule has 2 aromatic heterocycles. The molecule has 0 aliphatic heterocycles. The van der Waals surface area contributed by atoms with Gasteiger partial charge in [0.2, 0.25) is 0 Å². The maximum absolute atomic E-state index is 12.5. The van der Waals surface area contributed by atoms with Crippen molar-refractivity contribution in [1.29, 1.82) is 0 Å². The lowest BCUT2D eigenvalue weighted by atomic mass is 10.2. The van der Waals surface area contributed by atoms with E-state index in [4.69, 9.17) is 0 Å². The van der Waals surface area contributed by atoms with Gasteiger partial charge in [-0.05, 0) is 48.9 Å². The van der Waals surface area contributed by atoms with E-state index in [-0.39, 0.29) is 11.8 Å². The van der Waals surface area contributed by atoms with Crippen LogP contribution >= 0.6 is 46.2 Å². The molecule has 0 aliphatic rings. The molecule has 6 nitrogen and oxygen atoms in total. The van der Waals surface area contributed by atoms with E-state index in [9.17, 15) is 9.59 Å². The van der Waals surface area contributed by atoms with Crippen LogP contribution < -0.4 is 10.6 Å². The van der Waals surface area contributed by atoms with Crippen LogP contribution in [0.4, 0.5) is 10.3 Å². The van der Waals surface area contributed by atoms with E-state index in [2.05, 4.69) is 20.6 Å². The van der Waals surface area contributed by atoms with Gasteiger partial charge < -0.3 is 0 Å². The minimum absolute atomic E-state index is 0.208. The van der Waals surface area contributed by atoms with Crippen LogP contribution in [0, 0.1) is 0 Å². The second-order valence-electron chi connectivity index (χ2n) is 6.45. The summed E-state index contributed by atoms with van der Waals surface area (Å²) in [4.78, 5) is 36.0. The average molecular weight is 499 g/mol. The Morgan fingerprint density at radius 1 is 0.750 bits per heavy atom. The van der Waals surface area contributed by atoms with E-state index in [1.807, 2.05) is 59.7 Å². The summed E-state index contributed by atoms with van der Waals surface area (Å²) in [6.45, 7) is 0. The van der Waals surface area contributed by atoms with Gasteiger partial charge in [-0.25, -0.2) is 9.97 Å². The van der Waals surface area contributed by atoms with Gasteiger partial charge in [-0.1, -0.05) is 12.1 Å². The maximum atomic E-state index is 12.5. The molecule has 2 heterocycles. The van der Waals surface area contributed by atoms with E-state index in [1.54, 1.807) is 35.7 Å². The van der Waals surface area contributed by atoms with Gasteiger partial charge in [0.25, 0.3) is 11.8 Å². The number of thiazole rings is 2. The third-order valence-electron chi connectivity index (χ3n) is 4.38. The van der Waals surface area contributed by atoms with E-state index >= 15 is 0 Å². The minimum atomic E-state index is -0.208. The van der Waals surface area contributed by atoms with Crippen LogP contribution in [-0.4, -0.2) is 34.3 Å². The fourth-order valence-electron chi connectivity index (χ4n) is 2.76. The molecule has 32 heavy (non-hydrogen) atoms. The molecule has 0 saturated heterocycles. The fourth-order valence-corrected chi connectivity index (χ4v) is 5.08. The number of hydrogen-bond acceptors (Lipinski definition) is 8. The third-order valence-corrected chi connectivity index (χ3v) is 7.34. The first-order valence-corrected chi connectivity index (χ1v) is 13.6. The number of amides is 2. The molecule has 2 aromatic carbocycles. The monoisotopic (exact) mass is 498 g/mol. The molecule has 10 heteroatoms. The molecule has 0 spiro atoms. The number of thioether (sulfide) groups is 2. The summed E-state index contributed by atoms with van der Waals surface area (Å²) in [5.41, 5.74) is 2.45. The van der Waals surface area contributed by atoms with Crippen molar-refractivity contribution >= 4 is 68.3 Å². The van der Waals surface area contributed by atoms with Crippen molar-refractivity contribution in [1.82, 2.24) is 9.97 Å². The first kappa shape index (κ1) is 22.5. The average Bonchev–Trinajstić information content (AvgIpc) is 3.48. The van der Waals surface area contributed by atoms with Crippen LogP contribution in [0.2, 0.25) is 0 Å². The maximum Gasteiger partial charge on any atom is 0.257 e. The number of carbonyl (C=O) groups excluding carboxylic acids is 2. The number of rotatable bonds is 7. The number of benzene rings is 2. The predicted molar refractivity (Wildman–Crippen MR) is 136 cm³/mol. The molecule has 0 unspecified atom stereocenters. The van der Waals surface area contributed by atoms with E-state index in [1.165, 1.54) is 22.7 Å². The number of nitrogens with zero attached hydrogens (tertiary/aromatic N) is 2. The van der Waals surface area contributed by atoms with E-state index in [0.29, 0.717) is 32.8 Å². The summed E-state index contributed by atoms with van der Waals surface area (Å²) in [6.07, 6.45) is 3.94. The van der Waals surface area contributed by atoms with Crippen molar-refractivity contribution < 1.29 is 9.59 Å². The van der Waals surface area contributed by atoms with Crippen molar-refractivity contribution in [2.24, 2.45) is 0 Å². The first-order chi connectivity index (χ1) is 15.6. The minimum Gasteiger partial charge on any atom is -0.298 e. The van der Waals surface area contributed by atoms with Gasteiger partial charge in [0.05, 0.1) is 0 Å². The van der Waals surface area contributed by atoms with Gasteiger partial charge in [-0.3, -0.25) is 20.2 Å². The Kier molecular flexibility index (Phi) is 7.26. The molecule has 0 bridgehead atoms. The van der Waals surface area contributed by atoms with Gasteiger partial charge in [-0.2, -0.15) is 0 Å². The zero-order chi connectivity index (χ0) is 22.5. The molecular weight excluding hydrogens is 481 g/mol. The second kappa shape index (κ2) is 10.3. The van der Waals surface area contributed by atoms with Crippen LogP contribution in [-0.2, 0) is 0 Å². The zero-order valence-electron chi connectivity index (χ0n) is 17.1. The molecule has 0 saturated carbocycles. The Labute approximate surface area is 201 Å². The second-order valence-corrected chi connectivity index (χ2v) is 9.92. The van der Waals surface area contributed by atoms with Crippen LogP contribution in [0.15, 0.2) is 69.1 Å². The molecule has 162 valence electrons. The van der Waals surface area contributed by atoms with Crippen molar-refractivity contribution in [3.8, 4) is 11.4 Å². The highest BCUT2D eigenvalue weighted by Gasteiger charge is 2.14. The lowest BCUT2D eigenvalue weighted by Crippen LogP contribution is -2.11. The summed E-state index contributed by atoms with van der Waals surface area (Å²) < 4.78 is 0.